The third-order valence-electron chi connectivity index (χ3n) is 4.98. The van der Waals surface area contributed by atoms with Crippen LogP contribution in [-0.4, -0.2) is 42.5 Å². The molecule has 0 aliphatic rings. The van der Waals surface area contributed by atoms with Crippen LogP contribution in [0.2, 0.25) is 0 Å². The number of nitriles is 2. The molecule has 0 amide bonds. The second kappa shape index (κ2) is 28.3. The number of aliphatic imine (C=N–C) groups is 4. The van der Waals surface area contributed by atoms with E-state index in [4.69, 9.17) is 39.2 Å². The first kappa shape index (κ1) is 40.8. The van der Waals surface area contributed by atoms with Gasteiger partial charge in [0, 0.05) is 13.1 Å². The minimum absolute atomic E-state index is 0.0887. The zero-order chi connectivity index (χ0) is 31.2. The van der Waals surface area contributed by atoms with Crippen LogP contribution in [0.25, 0.3) is 0 Å². The van der Waals surface area contributed by atoms with Crippen molar-refractivity contribution in [3.63, 3.8) is 0 Å². The summed E-state index contributed by atoms with van der Waals surface area (Å²) in [4.78, 5) is 15.9. The molecule has 40 heavy (non-hydrogen) atoms. The van der Waals surface area contributed by atoms with Gasteiger partial charge in [-0.05, 0) is 39.0 Å². The van der Waals surface area contributed by atoms with E-state index >= 15 is 0 Å². The fourth-order valence-corrected chi connectivity index (χ4v) is 3.17. The number of rotatable bonds is 15. The summed E-state index contributed by atoms with van der Waals surface area (Å²) < 4.78 is 0. The van der Waals surface area contributed by atoms with E-state index in [1.165, 1.54) is 32.1 Å². The molecule has 0 bridgehead atoms. The van der Waals surface area contributed by atoms with Crippen LogP contribution < -0.4 is 39.3 Å². The normalized spacial score (nSPS) is 11.7. The number of nitrogens with one attached hydrogen (secondary N) is 2. The van der Waals surface area contributed by atoms with Crippen LogP contribution >= 0.6 is 0 Å². The summed E-state index contributed by atoms with van der Waals surface area (Å²) in [7, 11) is 0. The summed E-state index contributed by atoms with van der Waals surface area (Å²) >= 11 is 0. The van der Waals surface area contributed by atoms with Gasteiger partial charge in [0.1, 0.15) is 0 Å². The average molecular weight is 564 g/mol. The highest BCUT2D eigenvalue weighted by molar-refractivity contribution is 5.92. The first-order chi connectivity index (χ1) is 18.8. The molecule has 13 nitrogen and oxygen atoms in total. The summed E-state index contributed by atoms with van der Waals surface area (Å²) in [5, 5.41) is 21.3. The topological polar surface area (TPSA) is 251 Å². The summed E-state index contributed by atoms with van der Waals surface area (Å²) in [5.41, 5.74) is 26.5. The summed E-state index contributed by atoms with van der Waals surface area (Å²) in [6.07, 6.45) is 15.8. The standard InChI is InChI=1S/C13H27N9.C11H22N4.C3H8/c1-13(2,22-12(18)20-9-14)7-5-3-4-6-8-19-11(17)21-10(15)16;1-10(2)7-5-3-4-6-8-14-11(13)15-9-12;1-3-2/h3-8H2,1-2H3,(H3,18,20,22)(H6,15,16,17,19,21);10H,3-8H2,1-2H3,(H3,13,14,15);3H2,1-2H3. The van der Waals surface area contributed by atoms with Gasteiger partial charge in [-0.3, -0.25) is 20.6 Å². The van der Waals surface area contributed by atoms with E-state index in [1.807, 2.05) is 13.8 Å². The van der Waals surface area contributed by atoms with Gasteiger partial charge in [0.05, 0.1) is 5.54 Å². The molecular weight excluding hydrogens is 506 g/mol. The molecule has 0 aliphatic heterocycles. The van der Waals surface area contributed by atoms with Gasteiger partial charge in [-0.2, -0.15) is 15.5 Å². The number of hydrogen-bond donors (Lipinski definition) is 7. The third-order valence-corrected chi connectivity index (χ3v) is 4.98. The maximum Gasteiger partial charge on any atom is 0.218 e. The SMILES string of the molecule is CC(C)(CCCCCCN=C(N)N=C(N)N)N=C(N)NC#N.CC(C)CCCCCCN=C(N)NC#N.CCC. The van der Waals surface area contributed by atoms with Crippen molar-refractivity contribution in [1.82, 2.24) is 10.6 Å². The summed E-state index contributed by atoms with van der Waals surface area (Å²) in [6.45, 7) is 14.0. The van der Waals surface area contributed by atoms with E-state index < -0.39 is 0 Å². The molecule has 0 aromatic rings. The highest BCUT2D eigenvalue weighted by Gasteiger charge is 2.16. The summed E-state index contributed by atoms with van der Waals surface area (Å²) in [5.74, 6) is 1.19. The zero-order valence-electron chi connectivity index (χ0n) is 25.8. The first-order valence-electron chi connectivity index (χ1n) is 14.2. The fourth-order valence-electron chi connectivity index (χ4n) is 3.17. The van der Waals surface area contributed by atoms with Crippen LogP contribution in [0.3, 0.4) is 0 Å². The number of nitrogens with two attached hydrogens (primary N) is 5. The molecule has 0 spiro atoms. The van der Waals surface area contributed by atoms with Gasteiger partial charge in [-0.15, -0.1) is 0 Å². The van der Waals surface area contributed by atoms with Gasteiger partial charge in [-0.25, -0.2) is 4.99 Å². The van der Waals surface area contributed by atoms with Crippen molar-refractivity contribution in [1.29, 1.82) is 10.5 Å². The van der Waals surface area contributed by atoms with Crippen LogP contribution in [-0.2, 0) is 0 Å². The predicted molar refractivity (Wildman–Crippen MR) is 169 cm³/mol. The number of unbranched alkanes of at least 4 members (excludes halogenated alkanes) is 6. The maximum absolute atomic E-state index is 8.45. The Morgan fingerprint density at radius 2 is 1.23 bits per heavy atom. The minimum Gasteiger partial charge on any atom is -0.370 e. The molecule has 0 aliphatic carbocycles. The second-order valence-electron chi connectivity index (χ2n) is 10.3. The molecule has 0 aromatic heterocycles. The molecule has 0 rings (SSSR count). The molecular formula is C27H57N13. The van der Waals surface area contributed by atoms with Crippen molar-refractivity contribution in [3.05, 3.63) is 0 Å². The van der Waals surface area contributed by atoms with Crippen molar-refractivity contribution < 1.29 is 0 Å². The largest absolute Gasteiger partial charge is 0.370 e. The van der Waals surface area contributed by atoms with Crippen LogP contribution in [0.1, 0.15) is 112 Å². The van der Waals surface area contributed by atoms with E-state index in [0.29, 0.717) is 13.1 Å². The van der Waals surface area contributed by atoms with E-state index in [1.54, 1.807) is 12.4 Å². The minimum atomic E-state index is -0.288. The molecule has 0 fully saturated rings. The molecule has 0 saturated carbocycles. The van der Waals surface area contributed by atoms with Crippen LogP contribution in [0, 0.1) is 28.8 Å². The van der Waals surface area contributed by atoms with Crippen LogP contribution in [0.15, 0.2) is 20.0 Å². The molecule has 13 heteroatoms. The lowest BCUT2D eigenvalue weighted by Gasteiger charge is -2.20. The van der Waals surface area contributed by atoms with Gasteiger partial charge in [0.25, 0.3) is 0 Å². The van der Waals surface area contributed by atoms with E-state index in [9.17, 15) is 0 Å². The molecule has 0 atom stereocenters. The van der Waals surface area contributed by atoms with Gasteiger partial charge in [0.15, 0.2) is 18.3 Å². The Morgan fingerprint density at radius 3 is 1.73 bits per heavy atom. The average Bonchev–Trinajstić information content (AvgIpc) is 2.83. The zero-order valence-corrected chi connectivity index (χ0v) is 25.8. The Morgan fingerprint density at radius 1 is 0.750 bits per heavy atom. The number of hydrogen-bond acceptors (Lipinski definition) is 5. The van der Waals surface area contributed by atoms with Gasteiger partial charge in [0.2, 0.25) is 17.9 Å². The monoisotopic (exact) mass is 563 g/mol. The molecule has 0 unspecified atom stereocenters. The Bertz CT molecular complexity index is 811. The molecule has 0 radical (unpaired) electrons. The number of nitrogens with zero attached hydrogens (tertiary/aromatic N) is 6. The highest BCUT2D eigenvalue weighted by Crippen LogP contribution is 2.18. The lowest BCUT2D eigenvalue weighted by atomic mass is 9.97. The van der Waals surface area contributed by atoms with Gasteiger partial charge in [-0.1, -0.05) is 79.1 Å². The Balaban J connectivity index is -0.000000659. The lowest BCUT2D eigenvalue weighted by molar-refractivity contribution is 0.445. The van der Waals surface area contributed by atoms with Crippen LogP contribution in [0.4, 0.5) is 0 Å². The van der Waals surface area contributed by atoms with E-state index in [2.05, 4.69) is 58.3 Å². The highest BCUT2D eigenvalue weighted by atomic mass is 15.1. The van der Waals surface area contributed by atoms with Crippen molar-refractivity contribution in [2.45, 2.75) is 118 Å². The third kappa shape index (κ3) is 36.4. The lowest BCUT2D eigenvalue weighted by Crippen LogP contribution is -2.32. The van der Waals surface area contributed by atoms with E-state index in [0.717, 1.165) is 44.4 Å². The maximum atomic E-state index is 8.45. The van der Waals surface area contributed by atoms with Crippen molar-refractivity contribution in [3.8, 4) is 12.4 Å². The van der Waals surface area contributed by atoms with Crippen molar-refractivity contribution in [2.24, 2.45) is 54.6 Å². The van der Waals surface area contributed by atoms with Crippen LogP contribution in [0.5, 0.6) is 0 Å². The molecule has 12 N–H and O–H groups in total. The molecule has 0 saturated heterocycles. The van der Waals surface area contributed by atoms with Crippen molar-refractivity contribution >= 4 is 23.8 Å². The van der Waals surface area contributed by atoms with Gasteiger partial charge < -0.3 is 28.7 Å². The van der Waals surface area contributed by atoms with E-state index in [-0.39, 0.29) is 29.4 Å². The number of guanidine groups is 4. The molecule has 0 aromatic carbocycles. The summed E-state index contributed by atoms with van der Waals surface area (Å²) in [6, 6.07) is 0. The fraction of sp³-hybridized carbons (Fsp3) is 0.778. The second-order valence-corrected chi connectivity index (χ2v) is 10.3. The molecule has 0 heterocycles. The smallest absolute Gasteiger partial charge is 0.218 e. The quantitative estimate of drug-likeness (QED) is 0.0507. The molecule has 230 valence electrons. The Hall–Kier alpha value is -3.74. The predicted octanol–water partition coefficient (Wildman–Crippen LogP) is 3.08. The first-order valence-corrected chi connectivity index (χ1v) is 14.2. The van der Waals surface area contributed by atoms with Crippen molar-refractivity contribution in [2.75, 3.05) is 13.1 Å². The Kier molecular flexibility index (Phi) is 28.8. The Labute approximate surface area is 242 Å². The van der Waals surface area contributed by atoms with Gasteiger partial charge >= 0.3 is 0 Å².